The van der Waals surface area contributed by atoms with E-state index >= 15 is 0 Å². The number of hydrogen-bond donors (Lipinski definition) is 0. The van der Waals surface area contributed by atoms with Crippen LogP contribution in [0.2, 0.25) is 5.02 Å². The molecule has 1 heterocycles. The fraction of sp³-hybridized carbons (Fsp3) is 0.455. The largest absolute Gasteiger partial charge is 0.468 e. The van der Waals surface area contributed by atoms with Gasteiger partial charge < -0.3 is 4.74 Å². The first-order valence-electron chi connectivity index (χ1n) is 4.91. The van der Waals surface area contributed by atoms with Crippen LogP contribution in [0.15, 0.2) is 18.3 Å². The molecule has 4 heteroatoms. The number of halogens is 1. The van der Waals surface area contributed by atoms with Crippen molar-refractivity contribution >= 4 is 17.6 Å². The fourth-order valence-corrected chi connectivity index (χ4v) is 1.79. The standard InChI is InChI=1S/C11H12ClNO2/c1-15-11(14)10(7-2-3-7)9-5-4-8(12)6-13-9/h4-7,10H,2-3H2,1H3. The van der Waals surface area contributed by atoms with Crippen LogP contribution in [0.25, 0.3) is 0 Å². The number of ether oxygens (including phenoxy) is 1. The highest BCUT2D eigenvalue weighted by Crippen LogP contribution is 2.42. The second kappa shape index (κ2) is 4.19. The molecule has 0 amide bonds. The number of esters is 1. The molecule has 0 bridgehead atoms. The molecular weight excluding hydrogens is 214 g/mol. The molecule has 3 nitrogen and oxygen atoms in total. The molecule has 0 radical (unpaired) electrons. The van der Waals surface area contributed by atoms with Gasteiger partial charge in [0.05, 0.1) is 17.8 Å². The molecule has 1 fully saturated rings. The number of aromatic nitrogens is 1. The second-order valence-corrected chi connectivity index (χ2v) is 4.18. The Morgan fingerprint density at radius 1 is 1.60 bits per heavy atom. The van der Waals surface area contributed by atoms with Gasteiger partial charge in [0, 0.05) is 6.20 Å². The Labute approximate surface area is 93.4 Å². The predicted octanol–water partition coefficient (Wildman–Crippen LogP) is 2.40. The molecular formula is C11H12ClNO2. The van der Waals surface area contributed by atoms with Gasteiger partial charge in [-0.3, -0.25) is 9.78 Å². The number of nitrogens with zero attached hydrogens (tertiary/aromatic N) is 1. The summed E-state index contributed by atoms with van der Waals surface area (Å²) in [5.74, 6) is -0.0225. The minimum Gasteiger partial charge on any atom is -0.468 e. The summed E-state index contributed by atoms with van der Waals surface area (Å²) in [6.45, 7) is 0. The maximum Gasteiger partial charge on any atom is 0.315 e. The van der Waals surface area contributed by atoms with Crippen LogP contribution in [0, 0.1) is 5.92 Å². The highest BCUT2D eigenvalue weighted by Gasteiger charge is 2.38. The molecule has 0 aromatic carbocycles. The summed E-state index contributed by atoms with van der Waals surface area (Å²) in [6.07, 6.45) is 3.71. The first kappa shape index (κ1) is 10.4. The Bertz CT molecular complexity index is 359. The molecule has 1 aromatic rings. The molecule has 1 atom stereocenters. The molecule has 1 saturated carbocycles. The van der Waals surface area contributed by atoms with Gasteiger partial charge in [0.2, 0.25) is 0 Å². The van der Waals surface area contributed by atoms with Crippen LogP contribution >= 0.6 is 11.6 Å². The van der Waals surface area contributed by atoms with Crippen molar-refractivity contribution in [1.82, 2.24) is 4.98 Å². The summed E-state index contributed by atoms with van der Waals surface area (Å²) in [5.41, 5.74) is 0.758. The van der Waals surface area contributed by atoms with E-state index in [1.807, 2.05) is 0 Å². The Morgan fingerprint density at radius 2 is 2.33 bits per heavy atom. The van der Waals surface area contributed by atoms with Gasteiger partial charge in [-0.1, -0.05) is 11.6 Å². The minimum absolute atomic E-state index is 0.202. The molecule has 2 rings (SSSR count). The van der Waals surface area contributed by atoms with Gasteiger partial charge in [-0.25, -0.2) is 0 Å². The van der Waals surface area contributed by atoms with Crippen molar-refractivity contribution in [3.63, 3.8) is 0 Å². The summed E-state index contributed by atoms with van der Waals surface area (Å²) >= 11 is 5.75. The Balaban J connectivity index is 2.24. The number of methoxy groups -OCH3 is 1. The minimum atomic E-state index is -0.215. The van der Waals surface area contributed by atoms with E-state index in [1.165, 1.54) is 7.11 Å². The van der Waals surface area contributed by atoms with Crippen LogP contribution in [0.4, 0.5) is 0 Å². The van der Waals surface area contributed by atoms with Gasteiger partial charge in [-0.05, 0) is 30.9 Å². The highest BCUT2D eigenvalue weighted by molar-refractivity contribution is 6.30. The van der Waals surface area contributed by atoms with Gasteiger partial charge in [-0.15, -0.1) is 0 Å². The lowest BCUT2D eigenvalue weighted by molar-refractivity contribution is -0.143. The molecule has 0 N–H and O–H groups in total. The van der Waals surface area contributed by atoms with Crippen LogP contribution in [-0.4, -0.2) is 18.1 Å². The first-order valence-corrected chi connectivity index (χ1v) is 5.29. The number of rotatable bonds is 3. The quantitative estimate of drug-likeness (QED) is 0.742. The van der Waals surface area contributed by atoms with E-state index in [4.69, 9.17) is 16.3 Å². The molecule has 1 aromatic heterocycles. The summed E-state index contributed by atoms with van der Waals surface area (Å²) in [5, 5.41) is 0.582. The summed E-state index contributed by atoms with van der Waals surface area (Å²) < 4.78 is 4.79. The Hall–Kier alpha value is -1.09. The zero-order valence-electron chi connectivity index (χ0n) is 8.44. The molecule has 1 unspecified atom stereocenters. The first-order chi connectivity index (χ1) is 7.22. The van der Waals surface area contributed by atoms with Crippen LogP contribution < -0.4 is 0 Å². The summed E-state index contributed by atoms with van der Waals surface area (Å²) in [7, 11) is 1.41. The lowest BCUT2D eigenvalue weighted by atomic mass is 9.99. The van der Waals surface area contributed by atoms with Crippen molar-refractivity contribution in [3.05, 3.63) is 29.0 Å². The Morgan fingerprint density at radius 3 is 2.80 bits per heavy atom. The number of carbonyl (C=O) groups is 1. The SMILES string of the molecule is COC(=O)C(c1ccc(Cl)cn1)C1CC1. The monoisotopic (exact) mass is 225 g/mol. The molecule has 80 valence electrons. The Kier molecular flexibility index (Phi) is 2.91. The lowest BCUT2D eigenvalue weighted by Gasteiger charge is -2.12. The third-order valence-corrected chi connectivity index (χ3v) is 2.84. The highest BCUT2D eigenvalue weighted by atomic mass is 35.5. The van der Waals surface area contributed by atoms with Crippen LogP contribution in [0.1, 0.15) is 24.5 Å². The van der Waals surface area contributed by atoms with E-state index in [2.05, 4.69) is 4.98 Å². The zero-order chi connectivity index (χ0) is 10.8. The van der Waals surface area contributed by atoms with E-state index in [1.54, 1.807) is 18.3 Å². The van der Waals surface area contributed by atoms with Gasteiger partial charge >= 0.3 is 5.97 Å². The molecule has 0 aliphatic heterocycles. The van der Waals surface area contributed by atoms with Crippen molar-refractivity contribution in [2.75, 3.05) is 7.11 Å². The van der Waals surface area contributed by atoms with Gasteiger partial charge in [0.15, 0.2) is 0 Å². The molecule has 1 aliphatic rings. The molecule has 0 saturated heterocycles. The van der Waals surface area contributed by atoms with Crippen LogP contribution in [-0.2, 0) is 9.53 Å². The van der Waals surface area contributed by atoms with E-state index in [-0.39, 0.29) is 11.9 Å². The van der Waals surface area contributed by atoms with Gasteiger partial charge in [-0.2, -0.15) is 0 Å². The lowest BCUT2D eigenvalue weighted by Crippen LogP contribution is -2.17. The van der Waals surface area contributed by atoms with Gasteiger partial charge in [0.25, 0.3) is 0 Å². The maximum absolute atomic E-state index is 11.6. The molecule has 1 aliphatic carbocycles. The number of hydrogen-bond acceptors (Lipinski definition) is 3. The van der Waals surface area contributed by atoms with E-state index in [9.17, 15) is 4.79 Å². The molecule has 0 spiro atoms. The average molecular weight is 226 g/mol. The normalized spacial score (nSPS) is 17.2. The third kappa shape index (κ3) is 2.29. The van der Waals surface area contributed by atoms with Crippen molar-refractivity contribution in [2.45, 2.75) is 18.8 Å². The number of carbonyl (C=O) groups excluding carboxylic acids is 1. The van der Waals surface area contributed by atoms with Crippen molar-refractivity contribution in [1.29, 1.82) is 0 Å². The van der Waals surface area contributed by atoms with E-state index < -0.39 is 0 Å². The smallest absolute Gasteiger partial charge is 0.315 e. The topological polar surface area (TPSA) is 39.2 Å². The van der Waals surface area contributed by atoms with E-state index in [0.29, 0.717) is 10.9 Å². The summed E-state index contributed by atoms with van der Waals surface area (Å²) in [4.78, 5) is 15.8. The maximum atomic E-state index is 11.6. The van der Waals surface area contributed by atoms with Gasteiger partial charge in [0.1, 0.15) is 5.92 Å². The number of pyridine rings is 1. The van der Waals surface area contributed by atoms with Crippen LogP contribution in [0.5, 0.6) is 0 Å². The summed E-state index contributed by atoms with van der Waals surface area (Å²) in [6, 6.07) is 3.55. The molecule has 15 heavy (non-hydrogen) atoms. The van der Waals surface area contributed by atoms with Crippen LogP contribution in [0.3, 0.4) is 0 Å². The van der Waals surface area contributed by atoms with Crippen molar-refractivity contribution < 1.29 is 9.53 Å². The second-order valence-electron chi connectivity index (χ2n) is 3.74. The fourth-order valence-electron chi connectivity index (χ4n) is 1.68. The van der Waals surface area contributed by atoms with Crippen molar-refractivity contribution in [2.24, 2.45) is 5.92 Å². The third-order valence-electron chi connectivity index (χ3n) is 2.62. The zero-order valence-corrected chi connectivity index (χ0v) is 9.20. The van der Waals surface area contributed by atoms with Crippen molar-refractivity contribution in [3.8, 4) is 0 Å². The average Bonchev–Trinajstić information content (AvgIpc) is 3.05. The van der Waals surface area contributed by atoms with E-state index in [0.717, 1.165) is 18.5 Å². The predicted molar refractivity (Wildman–Crippen MR) is 56.7 cm³/mol.